The maximum atomic E-state index is 12.8. The van der Waals surface area contributed by atoms with Crippen molar-refractivity contribution < 1.29 is 17.9 Å². The minimum absolute atomic E-state index is 0.0421. The Morgan fingerprint density at radius 1 is 1.19 bits per heavy atom. The predicted molar refractivity (Wildman–Crippen MR) is 121 cm³/mol. The maximum Gasteiger partial charge on any atom is 0.315 e. The average molecular weight is 458 g/mol. The van der Waals surface area contributed by atoms with E-state index in [0.29, 0.717) is 17.1 Å². The fourth-order valence-corrected chi connectivity index (χ4v) is 4.34. The number of carbonyl (C=O) groups is 1. The molecule has 2 aromatic carbocycles. The molecule has 2 N–H and O–H groups in total. The SMILES string of the molecule is COc1cccc(C(NC(=O)NCc2ccccc2S(=O)(=O)N(C)C)c2nccn2C)c1. The number of sulfonamides is 1. The summed E-state index contributed by atoms with van der Waals surface area (Å²) in [7, 11) is 2.73. The molecule has 9 nitrogen and oxygen atoms in total. The fraction of sp³-hybridized carbons (Fsp3) is 0.273. The van der Waals surface area contributed by atoms with Gasteiger partial charge in [-0.25, -0.2) is 22.5 Å². The first-order valence-corrected chi connectivity index (χ1v) is 11.3. The van der Waals surface area contributed by atoms with E-state index < -0.39 is 22.1 Å². The van der Waals surface area contributed by atoms with Crippen LogP contribution in [0.4, 0.5) is 4.79 Å². The summed E-state index contributed by atoms with van der Waals surface area (Å²) in [4.78, 5) is 17.3. The van der Waals surface area contributed by atoms with Crippen LogP contribution >= 0.6 is 0 Å². The van der Waals surface area contributed by atoms with E-state index in [-0.39, 0.29) is 11.4 Å². The quantitative estimate of drug-likeness (QED) is 0.540. The monoisotopic (exact) mass is 457 g/mol. The van der Waals surface area contributed by atoms with E-state index in [0.717, 1.165) is 9.87 Å². The summed E-state index contributed by atoms with van der Waals surface area (Å²) in [6.45, 7) is 0.0421. The molecule has 1 unspecified atom stereocenters. The Bertz CT molecular complexity index is 1190. The van der Waals surface area contributed by atoms with Gasteiger partial charge in [-0.15, -0.1) is 0 Å². The molecule has 3 rings (SSSR count). The Hall–Kier alpha value is -3.37. The van der Waals surface area contributed by atoms with Crippen molar-refractivity contribution in [1.29, 1.82) is 0 Å². The molecular formula is C22H27N5O4S. The molecule has 2 amide bonds. The molecule has 0 fully saturated rings. The van der Waals surface area contributed by atoms with Crippen LogP contribution in [0.15, 0.2) is 65.8 Å². The third-order valence-electron chi connectivity index (χ3n) is 4.99. The predicted octanol–water partition coefficient (Wildman–Crippen LogP) is 2.27. The van der Waals surface area contributed by atoms with Crippen LogP contribution in [-0.2, 0) is 23.6 Å². The van der Waals surface area contributed by atoms with Crippen LogP contribution < -0.4 is 15.4 Å². The van der Waals surface area contributed by atoms with E-state index in [2.05, 4.69) is 15.6 Å². The minimum Gasteiger partial charge on any atom is -0.497 e. The number of methoxy groups -OCH3 is 1. The molecule has 0 radical (unpaired) electrons. The second-order valence-electron chi connectivity index (χ2n) is 7.33. The maximum absolute atomic E-state index is 12.8. The highest BCUT2D eigenvalue weighted by atomic mass is 32.2. The van der Waals surface area contributed by atoms with Gasteiger partial charge in [0.25, 0.3) is 0 Å². The van der Waals surface area contributed by atoms with Crippen molar-refractivity contribution in [1.82, 2.24) is 24.5 Å². The number of amides is 2. The van der Waals surface area contributed by atoms with Crippen molar-refractivity contribution in [2.75, 3.05) is 21.2 Å². The molecule has 1 heterocycles. The van der Waals surface area contributed by atoms with Crippen LogP contribution in [0.25, 0.3) is 0 Å². The number of hydrogen-bond donors (Lipinski definition) is 2. The fourth-order valence-electron chi connectivity index (χ4n) is 3.23. The number of ether oxygens (including phenoxy) is 1. The number of urea groups is 1. The smallest absolute Gasteiger partial charge is 0.315 e. The van der Waals surface area contributed by atoms with Gasteiger partial charge in [0.05, 0.1) is 12.0 Å². The number of aromatic nitrogens is 2. The standard InChI is InChI=1S/C22H27N5O4S/c1-26(2)32(29,30)19-11-6-5-8-17(19)15-24-22(28)25-20(21-23-12-13-27(21)3)16-9-7-10-18(14-16)31-4/h5-14,20H,15H2,1-4H3,(H2,24,25,28). The number of benzene rings is 2. The van der Waals surface area contributed by atoms with E-state index >= 15 is 0 Å². The van der Waals surface area contributed by atoms with Gasteiger partial charge in [-0.2, -0.15) is 0 Å². The lowest BCUT2D eigenvalue weighted by molar-refractivity contribution is 0.237. The van der Waals surface area contributed by atoms with Crippen molar-refractivity contribution >= 4 is 16.1 Å². The van der Waals surface area contributed by atoms with Gasteiger partial charge in [0.2, 0.25) is 10.0 Å². The summed E-state index contributed by atoms with van der Waals surface area (Å²) >= 11 is 0. The lowest BCUT2D eigenvalue weighted by Crippen LogP contribution is -2.39. The second-order valence-corrected chi connectivity index (χ2v) is 9.45. The Balaban J connectivity index is 1.81. The lowest BCUT2D eigenvalue weighted by atomic mass is 10.1. The van der Waals surface area contributed by atoms with Gasteiger partial charge in [-0.1, -0.05) is 30.3 Å². The van der Waals surface area contributed by atoms with E-state index in [1.165, 1.54) is 20.2 Å². The van der Waals surface area contributed by atoms with Crippen molar-refractivity contribution in [2.24, 2.45) is 7.05 Å². The van der Waals surface area contributed by atoms with Gasteiger partial charge in [-0.05, 0) is 29.3 Å². The van der Waals surface area contributed by atoms with E-state index in [1.54, 1.807) is 37.7 Å². The van der Waals surface area contributed by atoms with E-state index in [1.807, 2.05) is 35.9 Å². The highest BCUT2D eigenvalue weighted by Crippen LogP contribution is 2.24. The molecule has 32 heavy (non-hydrogen) atoms. The molecule has 0 saturated carbocycles. The molecule has 0 spiro atoms. The summed E-state index contributed by atoms with van der Waals surface area (Å²) < 4.78 is 33.5. The Morgan fingerprint density at radius 2 is 1.94 bits per heavy atom. The van der Waals surface area contributed by atoms with Crippen LogP contribution in [0.5, 0.6) is 5.75 Å². The summed E-state index contributed by atoms with van der Waals surface area (Å²) in [6, 6.07) is 13.0. The van der Waals surface area contributed by atoms with E-state index in [4.69, 9.17) is 4.74 Å². The third-order valence-corrected chi connectivity index (χ3v) is 6.91. The molecule has 10 heteroatoms. The second kappa shape index (κ2) is 9.84. The van der Waals surface area contributed by atoms with Gasteiger partial charge >= 0.3 is 6.03 Å². The van der Waals surface area contributed by atoms with Gasteiger partial charge in [0, 0.05) is 40.1 Å². The highest BCUT2D eigenvalue weighted by molar-refractivity contribution is 7.89. The van der Waals surface area contributed by atoms with Crippen molar-refractivity contribution in [2.45, 2.75) is 17.5 Å². The summed E-state index contributed by atoms with van der Waals surface area (Å²) in [5, 5.41) is 5.69. The summed E-state index contributed by atoms with van der Waals surface area (Å²) in [5.74, 6) is 1.30. The molecule has 0 aliphatic rings. The number of aryl methyl sites for hydroxylation is 1. The number of hydrogen-bond acceptors (Lipinski definition) is 5. The number of imidazole rings is 1. The average Bonchev–Trinajstić information content (AvgIpc) is 3.21. The molecule has 0 saturated heterocycles. The number of carbonyl (C=O) groups excluding carboxylic acids is 1. The minimum atomic E-state index is -3.64. The zero-order chi connectivity index (χ0) is 23.3. The molecule has 170 valence electrons. The van der Waals surface area contributed by atoms with Crippen LogP contribution in [0, 0.1) is 0 Å². The van der Waals surface area contributed by atoms with Crippen molar-refractivity contribution in [3.8, 4) is 5.75 Å². The first-order valence-electron chi connectivity index (χ1n) is 9.90. The topological polar surface area (TPSA) is 106 Å². The Labute approximate surface area is 188 Å². The van der Waals surface area contributed by atoms with Gasteiger partial charge in [-0.3, -0.25) is 0 Å². The molecule has 0 bridgehead atoms. The summed E-state index contributed by atoms with van der Waals surface area (Å²) in [6.07, 6.45) is 3.45. The normalized spacial score (nSPS) is 12.4. The van der Waals surface area contributed by atoms with Gasteiger partial charge < -0.3 is 19.9 Å². The third kappa shape index (κ3) is 5.09. The lowest BCUT2D eigenvalue weighted by Gasteiger charge is -2.20. The Morgan fingerprint density at radius 3 is 2.59 bits per heavy atom. The number of nitrogens with zero attached hydrogens (tertiary/aromatic N) is 3. The van der Waals surface area contributed by atoms with Gasteiger partial charge in [0.15, 0.2) is 0 Å². The molecule has 1 atom stereocenters. The molecule has 0 aliphatic heterocycles. The zero-order valence-electron chi connectivity index (χ0n) is 18.4. The molecule has 3 aromatic rings. The number of nitrogens with one attached hydrogen (secondary N) is 2. The Kier molecular flexibility index (Phi) is 7.16. The van der Waals surface area contributed by atoms with Crippen LogP contribution in [-0.4, -0.2) is 49.5 Å². The molecular weight excluding hydrogens is 430 g/mol. The van der Waals surface area contributed by atoms with Crippen LogP contribution in [0.3, 0.4) is 0 Å². The number of rotatable bonds is 8. The van der Waals surface area contributed by atoms with Crippen LogP contribution in [0.2, 0.25) is 0 Å². The van der Waals surface area contributed by atoms with Crippen molar-refractivity contribution in [3.05, 3.63) is 77.9 Å². The van der Waals surface area contributed by atoms with Crippen molar-refractivity contribution in [3.63, 3.8) is 0 Å². The van der Waals surface area contributed by atoms with Crippen LogP contribution in [0.1, 0.15) is 23.0 Å². The summed E-state index contributed by atoms with van der Waals surface area (Å²) in [5.41, 5.74) is 1.29. The van der Waals surface area contributed by atoms with Gasteiger partial charge in [0.1, 0.15) is 17.6 Å². The first kappa shape index (κ1) is 23.3. The molecule has 0 aliphatic carbocycles. The highest BCUT2D eigenvalue weighted by Gasteiger charge is 2.23. The van der Waals surface area contributed by atoms with E-state index in [9.17, 15) is 13.2 Å². The molecule has 1 aromatic heterocycles. The zero-order valence-corrected chi connectivity index (χ0v) is 19.3. The largest absolute Gasteiger partial charge is 0.497 e. The first-order chi connectivity index (χ1) is 15.2.